The third kappa shape index (κ3) is 4.69. The van der Waals surface area contributed by atoms with E-state index in [1.54, 1.807) is 14.2 Å². The van der Waals surface area contributed by atoms with Gasteiger partial charge < -0.3 is 20.1 Å². The van der Waals surface area contributed by atoms with Crippen LogP contribution in [0.25, 0.3) is 0 Å². The third-order valence-electron chi connectivity index (χ3n) is 4.23. The van der Waals surface area contributed by atoms with E-state index in [1.807, 2.05) is 49.4 Å². The Morgan fingerprint density at radius 2 is 1.73 bits per heavy atom. The number of benzene rings is 2. The van der Waals surface area contributed by atoms with Gasteiger partial charge in [-0.15, -0.1) is 0 Å². The predicted octanol–water partition coefficient (Wildman–Crippen LogP) is 4.88. The lowest BCUT2D eigenvalue weighted by Gasteiger charge is -2.24. The lowest BCUT2D eigenvalue weighted by molar-refractivity contribution is 0.249. The summed E-state index contributed by atoms with van der Waals surface area (Å²) in [4.78, 5) is 12.5. The minimum atomic E-state index is -0.265. The number of hydrogen-bond donors (Lipinski definition) is 2. The van der Waals surface area contributed by atoms with Crippen molar-refractivity contribution in [1.29, 1.82) is 0 Å². The average molecular weight is 356 g/mol. The van der Waals surface area contributed by atoms with Crippen LogP contribution in [0.5, 0.6) is 11.5 Å². The Morgan fingerprint density at radius 1 is 1.04 bits per heavy atom. The van der Waals surface area contributed by atoms with Crippen LogP contribution in [0.3, 0.4) is 0 Å². The molecule has 0 fully saturated rings. The van der Waals surface area contributed by atoms with Gasteiger partial charge in [-0.25, -0.2) is 4.79 Å². The number of hydrogen-bond acceptors (Lipinski definition) is 3. The molecule has 2 aromatic carbocycles. The molecule has 140 valence electrons. The number of carbonyl (C=O) groups excluding carboxylic acids is 1. The molecule has 2 rings (SSSR count). The molecular formula is C21H28N2O3. The fourth-order valence-corrected chi connectivity index (χ4v) is 2.86. The normalized spacial score (nSPS) is 12.2. The maximum atomic E-state index is 12.5. The largest absolute Gasteiger partial charge is 0.497 e. The smallest absolute Gasteiger partial charge is 0.319 e. The summed E-state index contributed by atoms with van der Waals surface area (Å²) < 4.78 is 10.7. The first-order valence-corrected chi connectivity index (χ1v) is 8.65. The van der Waals surface area contributed by atoms with Crippen molar-refractivity contribution in [2.24, 2.45) is 0 Å². The zero-order valence-electron chi connectivity index (χ0n) is 16.3. The van der Waals surface area contributed by atoms with E-state index in [1.165, 1.54) is 0 Å². The summed E-state index contributed by atoms with van der Waals surface area (Å²) in [6.45, 7) is 8.27. The number of amides is 2. The highest BCUT2D eigenvalue weighted by atomic mass is 16.5. The van der Waals surface area contributed by atoms with Gasteiger partial charge in [-0.05, 0) is 42.2 Å². The Hall–Kier alpha value is -2.69. The monoisotopic (exact) mass is 356 g/mol. The third-order valence-corrected chi connectivity index (χ3v) is 4.23. The number of carbonyl (C=O) groups is 1. The van der Waals surface area contributed by atoms with Crippen LogP contribution >= 0.6 is 0 Å². The van der Waals surface area contributed by atoms with Gasteiger partial charge in [0.15, 0.2) is 0 Å². The Morgan fingerprint density at radius 3 is 2.35 bits per heavy atom. The van der Waals surface area contributed by atoms with Gasteiger partial charge in [0.25, 0.3) is 0 Å². The fourth-order valence-electron chi connectivity index (χ4n) is 2.86. The Balaban J connectivity index is 2.16. The van der Waals surface area contributed by atoms with Crippen molar-refractivity contribution in [2.45, 2.75) is 39.2 Å². The molecular weight excluding hydrogens is 328 g/mol. The van der Waals surface area contributed by atoms with Gasteiger partial charge in [0, 0.05) is 11.3 Å². The molecule has 5 heteroatoms. The Bertz CT molecular complexity index is 766. The minimum absolute atomic E-state index is 0.0640. The van der Waals surface area contributed by atoms with E-state index in [-0.39, 0.29) is 17.5 Å². The van der Waals surface area contributed by atoms with Crippen molar-refractivity contribution in [3.8, 4) is 11.5 Å². The zero-order chi connectivity index (χ0) is 19.3. The highest BCUT2D eigenvalue weighted by Crippen LogP contribution is 2.31. The maximum absolute atomic E-state index is 12.5. The first-order valence-electron chi connectivity index (χ1n) is 8.65. The topological polar surface area (TPSA) is 59.6 Å². The lowest BCUT2D eigenvalue weighted by Crippen LogP contribution is -2.32. The summed E-state index contributed by atoms with van der Waals surface area (Å²) in [5, 5.41) is 5.93. The molecule has 0 saturated heterocycles. The van der Waals surface area contributed by atoms with Crippen LogP contribution in [0.15, 0.2) is 42.5 Å². The summed E-state index contributed by atoms with van der Waals surface area (Å²) in [6.07, 6.45) is 0. The molecule has 0 radical (unpaired) electrons. The molecule has 0 aliphatic rings. The van der Waals surface area contributed by atoms with Gasteiger partial charge in [0.1, 0.15) is 11.5 Å². The lowest BCUT2D eigenvalue weighted by atomic mass is 9.86. The zero-order valence-corrected chi connectivity index (χ0v) is 16.3. The second kappa shape index (κ2) is 8.13. The van der Waals surface area contributed by atoms with Crippen LogP contribution in [0.4, 0.5) is 10.5 Å². The van der Waals surface area contributed by atoms with Crippen molar-refractivity contribution < 1.29 is 14.3 Å². The van der Waals surface area contributed by atoms with E-state index < -0.39 is 0 Å². The molecule has 0 aromatic heterocycles. The van der Waals surface area contributed by atoms with Gasteiger partial charge in [0.2, 0.25) is 0 Å². The predicted molar refractivity (Wildman–Crippen MR) is 105 cm³/mol. The number of ether oxygens (including phenoxy) is 2. The summed E-state index contributed by atoms with van der Waals surface area (Å²) in [7, 11) is 3.22. The number of nitrogens with one attached hydrogen (secondary N) is 2. The molecule has 2 aromatic rings. The molecule has 0 spiro atoms. The summed E-state index contributed by atoms with van der Waals surface area (Å²) in [6, 6.07) is 12.9. The van der Waals surface area contributed by atoms with Crippen molar-refractivity contribution >= 4 is 11.7 Å². The first kappa shape index (κ1) is 19.6. The molecule has 5 nitrogen and oxygen atoms in total. The quantitative estimate of drug-likeness (QED) is 0.802. The number of para-hydroxylation sites is 1. The summed E-state index contributed by atoms with van der Waals surface area (Å²) >= 11 is 0. The molecule has 0 saturated carbocycles. The van der Waals surface area contributed by atoms with Crippen molar-refractivity contribution in [2.75, 3.05) is 19.5 Å². The second-order valence-electron chi connectivity index (χ2n) is 7.22. The molecule has 1 atom stereocenters. The first-order chi connectivity index (χ1) is 12.3. The van der Waals surface area contributed by atoms with E-state index in [4.69, 9.17) is 9.47 Å². The van der Waals surface area contributed by atoms with Gasteiger partial charge >= 0.3 is 6.03 Å². The van der Waals surface area contributed by atoms with Crippen LogP contribution in [-0.4, -0.2) is 20.3 Å². The molecule has 0 aliphatic carbocycles. The number of urea groups is 1. The van der Waals surface area contributed by atoms with E-state index in [0.29, 0.717) is 11.5 Å². The maximum Gasteiger partial charge on any atom is 0.319 e. The molecule has 0 heterocycles. The van der Waals surface area contributed by atoms with Crippen molar-refractivity contribution in [3.05, 3.63) is 53.6 Å². The van der Waals surface area contributed by atoms with Crippen molar-refractivity contribution in [3.63, 3.8) is 0 Å². The standard InChI is InChI=1S/C21H28N2O3/c1-14(16-13-15(25-5)11-12-19(16)26-6)22-20(24)23-18-10-8-7-9-17(18)21(2,3)4/h7-14H,1-6H3,(H2,22,23,24). The van der Waals surface area contributed by atoms with E-state index in [0.717, 1.165) is 16.8 Å². The number of anilines is 1. The average Bonchev–Trinajstić information content (AvgIpc) is 2.60. The van der Waals surface area contributed by atoms with Crippen LogP contribution in [-0.2, 0) is 5.41 Å². The molecule has 2 N–H and O–H groups in total. The fraction of sp³-hybridized carbons (Fsp3) is 0.381. The summed E-state index contributed by atoms with van der Waals surface area (Å²) in [5.74, 6) is 1.42. The van der Waals surface area contributed by atoms with Gasteiger partial charge in [-0.2, -0.15) is 0 Å². The molecule has 0 bridgehead atoms. The minimum Gasteiger partial charge on any atom is -0.497 e. The number of methoxy groups -OCH3 is 2. The van der Waals surface area contributed by atoms with Crippen LogP contribution in [0.1, 0.15) is 44.9 Å². The highest BCUT2D eigenvalue weighted by Gasteiger charge is 2.20. The van der Waals surface area contributed by atoms with Gasteiger partial charge in [0.05, 0.1) is 20.3 Å². The van der Waals surface area contributed by atoms with E-state index in [2.05, 4.69) is 31.4 Å². The van der Waals surface area contributed by atoms with E-state index >= 15 is 0 Å². The number of rotatable bonds is 5. The molecule has 26 heavy (non-hydrogen) atoms. The van der Waals surface area contributed by atoms with Crippen LogP contribution < -0.4 is 20.1 Å². The van der Waals surface area contributed by atoms with Crippen LogP contribution in [0.2, 0.25) is 0 Å². The van der Waals surface area contributed by atoms with Gasteiger partial charge in [-0.3, -0.25) is 0 Å². The highest BCUT2D eigenvalue weighted by molar-refractivity contribution is 5.90. The molecule has 1 unspecified atom stereocenters. The van der Waals surface area contributed by atoms with Crippen molar-refractivity contribution in [1.82, 2.24) is 5.32 Å². The second-order valence-corrected chi connectivity index (χ2v) is 7.22. The SMILES string of the molecule is COc1ccc(OC)c(C(C)NC(=O)Nc2ccccc2C(C)(C)C)c1. The molecule has 2 amide bonds. The Labute approximate surface area is 155 Å². The molecule has 0 aliphatic heterocycles. The van der Waals surface area contributed by atoms with Crippen LogP contribution in [0, 0.1) is 0 Å². The van der Waals surface area contributed by atoms with Gasteiger partial charge in [-0.1, -0.05) is 39.0 Å². The van der Waals surface area contributed by atoms with E-state index in [9.17, 15) is 4.79 Å². The Kier molecular flexibility index (Phi) is 6.14. The summed E-state index contributed by atoms with van der Waals surface area (Å²) in [5.41, 5.74) is 2.68.